The fourth-order valence-corrected chi connectivity index (χ4v) is 4.19. The van der Waals surface area contributed by atoms with Gasteiger partial charge in [0.2, 0.25) is 0 Å². The molecular weight excluding hydrogens is 442 g/mol. The second kappa shape index (κ2) is 11.0. The van der Waals surface area contributed by atoms with Crippen molar-refractivity contribution in [1.82, 2.24) is 5.32 Å². The van der Waals surface area contributed by atoms with Crippen LogP contribution in [0, 0.1) is 26.7 Å². The van der Waals surface area contributed by atoms with Gasteiger partial charge in [-0.05, 0) is 60.7 Å². The van der Waals surface area contributed by atoms with E-state index in [4.69, 9.17) is 4.74 Å². The monoisotopic (exact) mass is 475 g/mol. The number of benzene rings is 3. The lowest BCUT2D eigenvalue weighted by Crippen LogP contribution is -2.45. The van der Waals surface area contributed by atoms with Gasteiger partial charge >= 0.3 is 12.0 Å². The number of carbonyl (C=O) groups excluding carboxylic acids is 3. The van der Waals surface area contributed by atoms with Gasteiger partial charge in [0.25, 0.3) is 5.91 Å². The van der Waals surface area contributed by atoms with Gasteiger partial charge in [0.15, 0.2) is 0 Å². The Morgan fingerprint density at radius 2 is 1.51 bits per heavy atom. The first-order chi connectivity index (χ1) is 16.6. The summed E-state index contributed by atoms with van der Waals surface area (Å²) < 4.78 is 4.90. The Kier molecular flexibility index (Phi) is 8.12. The van der Waals surface area contributed by atoms with Crippen LogP contribution in [0.25, 0.3) is 10.8 Å². The van der Waals surface area contributed by atoms with Crippen molar-refractivity contribution >= 4 is 40.1 Å². The molecule has 0 aromatic heterocycles. The number of fused-ring (bicyclic) bond motifs is 1. The number of amides is 3. The number of nitrogens with one attached hydrogen (secondary N) is 3. The fraction of sp³-hybridized carbons (Fsp3) is 0.321. The molecule has 0 aliphatic rings. The molecule has 0 aliphatic heterocycles. The van der Waals surface area contributed by atoms with Crippen LogP contribution >= 0.6 is 0 Å². The SMILES string of the molecule is CCC(C)[C@H](NC(=O)c1cc2ccccc2cc1NC(=O)Nc1c(C)cc(C)cc1C)C(=O)OC. The van der Waals surface area contributed by atoms with E-state index in [0.29, 0.717) is 12.1 Å². The standard InChI is InChI=1S/C28H33N3O4/c1-7-17(3)25(27(33)35-6)30-26(32)22-14-20-10-8-9-11-21(20)15-23(22)29-28(34)31-24-18(4)12-16(2)13-19(24)5/h8-15,17,25H,7H2,1-6H3,(H,30,32)(H2,29,31,34)/t17?,25-/m0/s1. The average molecular weight is 476 g/mol. The lowest BCUT2D eigenvalue weighted by atomic mass is 9.98. The third-order valence-electron chi connectivity index (χ3n) is 6.25. The molecule has 35 heavy (non-hydrogen) atoms. The molecule has 7 nitrogen and oxygen atoms in total. The smallest absolute Gasteiger partial charge is 0.328 e. The minimum absolute atomic E-state index is 0.126. The maximum Gasteiger partial charge on any atom is 0.328 e. The Hall–Kier alpha value is -3.87. The van der Waals surface area contributed by atoms with Gasteiger partial charge in [-0.15, -0.1) is 0 Å². The lowest BCUT2D eigenvalue weighted by Gasteiger charge is -2.23. The zero-order valence-electron chi connectivity index (χ0n) is 21.1. The molecule has 0 fully saturated rings. The van der Waals surface area contributed by atoms with E-state index < -0.39 is 23.9 Å². The van der Waals surface area contributed by atoms with Crippen LogP contribution in [0.15, 0.2) is 48.5 Å². The molecule has 0 bridgehead atoms. The number of rotatable bonds is 7. The highest BCUT2D eigenvalue weighted by molar-refractivity contribution is 6.10. The summed E-state index contributed by atoms with van der Waals surface area (Å²) in [6.45, 7) is 9.69. The van der Waals surface area contributed by atoms with Gasteiger partial charge in [-0.2, -0.15) is 0 Å². The number of ether oxygens (including phenoxy) is 1. The van der Waals surface area contributed by atoms with E-state index >= 15 is 0 Å². The number of anilines is 2. The Bertz CT molecular complexity index is 1250. The molecule has 3 N–H and O–H groups in total. The van der Waals surface area contributed by atoms with E-state index in [9.17, 15) is 14.4 Å². The molecule has 1 unspecified atom stereocenters. The van der Waals surface area contributed by atoms with Gasteiger partial charge in [0.05, 0.1) is 18.4 Å². The predicted molar refractivity (Wildman–Crippen MR) is 140 cm³/mol. The quantitative estimate of drug-likeness (QED) is 0.380. The van der Waals surface area contributed by atoms with E-state index in [1.54, 1.807) is 12.1 Å². The molecule has 3 aromatic carbocycles. The first kappa shape index (κ1) is 25.7. The zero-order valence-corrected chi connectivity index (χ0v) is 21.1. The third-order valence-corrected chi connectivity index (χ3v) is 6.25. The number of aryl methyl sites for hydroxylation is 3. The number of urea groups is 1. The fourth-order valence-electron chi connectivity index (χ4n) is 4.19. The predicted octanol–water partition coefficient (Wildman–Crippen LogP) is 5.73. The molecule has 0 saturated heterocycles. The molecule has 3 aromatic rings. The van der Waals surface area contributed by atoms with Crippen molar-refractivity contribution in [3.63, 3.8) is 0 Å². The van der Waals surface area contributed by atoms with Gasteiger partial charge in [0, 0.05) is 5.69 Å². The lowest BCUT2D eigenvalue weighted by molar-refractivity contribution is -0.144. The summed E-state index contributed by atoms with van der Waals surface area (Å²) in [6.07, 6.45) is 0.681. The van der Waals surface area contributed by atoms with Crippen LogP contribution in [-0.4, -0.2) is 31.1 Å². The maximum absolute atomic E-state index is 13.4. The van der Waals surface area contributed by atoms with Crippen LogP contribution in [-0.2, 0) is 9.53 Å². The second-order valence-electron chi connectivity index (χ2n) is 8.96. The zero-order chi connectivity index (χ0) is 25.7. The number of methoxy groups -OCH3 is 1. The van der Waals surface area contributed by atoms with Crippen molar-refractivity contribution in [3.8, 4) is 0 Å². The van der Waals surface area contributed by atoms with Crippen LogP contribution in [0.4, 0.5) is 16.2 Å². The molecule has 3 rings (SSSR count). The highest BCUT2D eigenvalue weighted by Gasteiger charge is 2.28. The molecule has 0 heterocycles. The Balaban J connectivity index is 1.95. The second-order valence-corrected chi connectivity index (χ2v) is 8.96. The average Bonchev–Trinajstić information content (AvgIpc) is 2.83. The summed E-state index contributed by atoms with van der Waals surface area (Å²) in [5, 5.41) is 10.3. The van der Waals surface area contributed by atoms with Crippen LogP contribution in [0.2, 0.25) is 0 Å². The van der Waals surface area contributed by atoms with Crippen LogP contribution in [0.5, 0.6) is 0 Å². The van der Waals surface area contributed by atoms with E-state index in [1.807, 2.05) is 71.0 Å². The summed E-state index contributed by atoms with van der Waals surface area (Å²) in [5.41, 5.74) is 4.33. The van der Waals surface area contributed by atoms with Crippen molar-refractivity contribution in [2.24, 2.45) is 5.92 Å². The molecule has 2 atom stereocenters. The molecule has 0 spiro atoms. The molecule has 0 aliphatic carbocycles. The molecule has 3 amide bonds. The largest absolute Gasteiger partial charge is 0.467 e. The first-order valence-corrected chi connectivity index (χ1v) is 11.7. The summed E-state index contributed by atoms with van der Waals surface area (Å²) >= 11 is 0. The van der Waals surface area contributed by atoms with Crippen molar-refractivity contribution in [3.05, 3.63) is 70.8 Å². The van der Waals surface area contributed by atoms with Gasteiger partial charge in [0.1, 0.15) is 6.04 Å². The molecular formula is C28H33N3O4. The van der Waals surface area contributed by atoms with Crippen LogP contribution in [0.1, 0.15) is 47.3 Å². The number of carbonyl (C=O) groups is 3. The number of esters is 1. The van der Waals surface area contributed by atoms with Crippen LogP contribution < -0.4 is 16.0 Å². The Morgan fingerprint density at radius 3 is 2.09 bits per heavy atom. The minimum atomic E-state index is -0.802. The maximum atomic E-state index is 13.4. The van der Waals surface area contributed by atoms with Gasteiger partial charge in [-0.3, -0.25) is 4.79 Å². The topological polar surface area (TPSA) is 96.5 Å². The summed E-state index contributed by atoms with van der Waals surface area (Å²) in [5.74, 6) is -1.10. The first-order valence-electron chi connectivity index (χ1n) is 11.7. The molecule has 0 radical (unpaired) electrons. The van der Waals surface area contributed by atoms with Gasteiger partial charge in [-0.25, -0.2) is 9.59 Å². The van der Waals surface area contributed by atoms with E-state index in [0.717, 1.165) is 33.2 Å². The normalized spacial score (nSPS) is 12.5. The molecule has 184 valence electrons. The van der Waals surface area contributed by atoms with Crippen molar-refractivity contribution in [2.45, 2.75) is 47.1 Å². The highest BCUT2D eigenvalue weighted by Crippen LogP contribution is 2.26. The van der Waals surface area contributed by atoms with Gasteiger partial charge < -0.3 is 20.7 Å². The summed E-state index contributed by atoms with van der Waals surface area (Å²) in [7, 11) is 1.30. The Morgan fingerprint density at radius 1 is 0.914 bits per heavy atom. The molecule has 7 heteroatoms. The van der Waals surface area contributed by atoms with E-state index in [2.05, 4.69) is 16.0 Å². The summed E-state index contributed by atoms with van der Waals surface area (Å²) in [6, 6.07) is 13.8. The summed E-state index contributed by atoms with van der Waals surface area (Å²) in [4.78, 5) is 38.7. The van der Waals surface area contributed by atoms with Crippen molar-refractivity contribution in [2.75, 3.05) is 17.7 Å². The highest BCUT2D eigenvalue weighted by atomic mass is 16.5. The third kappa shape index (κ3) is 5.98. The van der Waals surface area contributed by atoms with E-state index in [1.165, 1.54) is 7.11 Å². The van der Waals surface area contributed by atoms with Crippen molar-refractivity contribution in [1.29, 1.82) is 0 Å². The minimum Gasteiger partial charge on any atom is -0.467 e. The number of hydrogen-bond acceptors (Lipinski definition) is 4. The van der Waals surface area contributed by atoms with E-state index in [-0.39, 0.29) is 11.5 Å². The number of hydrogen-bond donors (Lipinski definition) is 3. The van der Waals surface area contributed by atoms with Crippen LogP contribution in [0.3, 0.4) is 0 Å². The Labute approximate surface area is 206 Å². The molecule has 0 saturated carbocycles. The van der Waals surface area contributed by atoms with Crippen molar-refractivity contribution < 1.29 is 19.1 Å². The van der Waals surface area contributed by atoms with Gasteiger partial charge in [-0.1, -0.05) is 62.2 Å².